The molecule has 1 atom stereocenters. The lowest BCUT2D eigenvalue weighted by Crippen LogP contribution is -2.27. The van der Waals surface area contributed by atoms with Crippen LogP contribution in [0.2, 0.25) is 5.02 Å². The Morgan fingerprint density at radius 2 is 1.59 bits per heavy atom. The molecule has 2 heterocycles. The number of pyridine rings is 1. The molecular formula is C35H28ClN3O5. The fraction of sp³-hybridized carbons (Fsp3) is 0.143. The minimum atomic E-state index is -1.07. The van der Waals surface area contributed by atoms with Gasteiger partial charge in [0.1, 0.15) is 5.75 Å². The normalized spacial score (nSPS) is 14.5. The summed E-state index contributed by atoms with van der Waals surface area (Å²) in [5, 5.41) is 16.5. The number of aromatic nitrogens is 1. The van der Waals surface area contributed by atoms with Crippen molar-refractivity contribution >= 4 is 40.1 Å². The summed E-state index contributed by atoms with van der Waals surface area (Å²) in [5.41, 5.74) is 5.33. The molecule has 0 aliphatic carbocycles. The van der Waals surface area contributed by atoms with Crippen molar-refractivity contribution in [1.82, 2.24) is 9.99 Å². The first kappa shape index (κ1) is 28.9. The van der Waals surface area contributed by atoms with Crippen LogP contribution in [0.15, 0.2) is 107 Å². The molecule has 0 fully saturated rings. The average Bonchev–Trinajstić information content (AvgIpc) is 3.49. The number of fused-ring (bicyclic) bond motifs is 1. The number of amides is 1. The molecule has 0 radical (unpaired) electrons. The summed E-state index contributed by atoms with van der Waals surface area (Å²) in [6.07, 6.45) is -0.287. The molecule has 220 valence electrons. The van der Waals surface area contributed by atoms with Crippen LogP contribution in [0.3, 0.4) is 0 Å². The lowest BCUT2D eigenvalue weighted by molar-refractivity contribution is -0.141. The largest absolute Gasteiger partial charge is 0.497 e. The van der Waals surface area contributed by atoms with Gasteiger partial charge in [-0.15, -0.1) is 0 Å². The number of ether oxygens (including phenoxy) is 1. The zero-order valence-corrected chi connectivity index (χ0v) is 24.5. The van der Waals surface area contributed by atoms with Crippen molar-refractivity contribution in [2.24, 2.45) is 5.10 Å². The average molecular weight is 606 g/mol. The predicted octanol–water partition coefficient (Wildman–Crippen LogP) is 7.07. The fourth-order valence-corrected chi connectivity index (χ4v) is 5.78. The van der Waals surface area contributed by atoms with Crippen molar-refractivity contribution in [3.63, 3.8) is 0 Å². The number of carboxylic acid groups (broad SMARTS) is 1. The van der Waals surface area contributed by atoms with Gasteiger partial charge in [0.2, 0.25) is 5.91 Å². The van der Waals surface area contributed by atoms with Gasteiger partial charge < -0.3 is 14.8 Å². The molecule has 1 unspecified atom stereocenters. The molecule has 4 aromatic carbocycles. The predicted molar refractivity (Wildman–Crippen MR) is 171 cm³/mol. The molecule has 1 aliphatic heterocycles. The van der Waals surface area contributed by atoms with Gasteiger partial charge in [-0.3, -0.25) is 14.4 Å². The van der Waals surface area contributed by atoms with Crippen LogP contribution in [0.4, 0.5) is 0 Å². The monoisotopic (exact) mass is 605 g/mol. The molecule has 44 heavy (non-hydrogen) atoms. The van der Waals surface area contributed by atoms with E-state index in [1.165, 1.54) is 5.01 Å². The van der Waals surface area contributed by atoms with Gasteiger partial charge in [-0.25, -0.2) is 5.01 Å². The highest BCUT2D eigenvalue weighted by atomic mass is 35.5. The number of carbonyl (C=O) groups is 2. The summed E-state index contributed by atoms with van der Waals surface area (Å²) in [6, 6.07) is 29.8. The lowest BCUT2D eigenvalue weighted by atomic mass is 9.90. The number of aliphatic carboxylic acids is 1. The molecule has 5 aromatic rings. The number of H-pyrrole nitrogens is 1. The highest BCUT2D eigenvalue weighted by molar-refractivity contribution is 6.31. The maximum Gasteiger partial charge on any atom is 0.303 e. The van der Waals surface area contributed by atoms with E-state index >= 15 is 0 Å². The van der Waals surface area contributed by atoms with E-state index in [1.807, 2.05) is 78.9 Å². The first-order chi connectivity index (χ1) is 21.3. The molecule has 1 amide bonds. The first-order valence-electron chi connectivity index (χ1n) is 14.1. The van der Waals surface area contributed by atoms with Gasteiger partial charge in [0.15, 0.2) is 0 Å². The van der Waals surface area contributed by atoms with Gasteiger partial charge in [-0.1, -0.05) is 78.3 Å². The molecule has 2 N–H and O–H groups in total. The molecule has 0 saturated carbocycles. The molecule has 1 aromatic heterocycles. The third-order valence-corrected chi connectivity index (χ3v) is 8.00. The molecule has 8 nitrogen and oxygen atoms in total. The third kappa shape index (κ3) is 5.72. The van der Waals surface area contributed by atoms with Crippen LogP contribution in [-0.2, 0) is 9.59 Å². The van der Waals surface area contributed by atoms with Crippen molar-refractivity contribution in [1.29, 1.82) is 0 Å². The van der Waals surface area contributed by atoms with E-state index in [1.54, 1.807) is 25.3 Å². The topological polar surface area (TPSA) is 112 Å². The molecule has 9 heteroatoms. The molecule has 0 saturated heterocycles. The van der Waals surface area contributed by atoms with Crippen molar-refractivity contribution in [2.45, 2.75) is 25.3 Å². The van der Waals surface area contributed by atoms with Crippen LogP contribution >= 0.6 is 11.6 Å². The van der Waals surface area contributed by atoms with Gasteiger partial charge in [-0.05, 0) is 52.6 Å². The van der Waals surface area contributed by atoms with E-state index in [0.717, 1.165) is 33.4 Å². The number of hydrogen-bond donors (Lipinski definition) is 2. The minimum Gasteiger partial charge on any atom is -0.497 e. The van der Waals surface area contributed by atoms with Crippen molar-refractivity contribution in [3.05, 3.63) is 124 Å². The van der Waals surface area contributed by atoms with E-state index in [0.29, 0.717) is 27.4 Å². The van der Waals surface area contributed by atoms with Crippen LogP contribution in [0.25, 0.3) is 33.2 Å². The Balaban J connectivity index is 1.44. The number of aromatic amines is 1. The van der Waals surface area contributed by atoms with Crippen LogP contribution in [0, 0.1) is 0 Å². The number of nitrogens with one attached hydrogen (secondary N) is 1. The zero-order chi connectivity index (χ0) is 30.8. The number of halogens is 1. The Morgan fingerprint density at radius 3 is 2.25 bits per heavy atom. The zero-order valence-electron chi connectivity index (χ0n) is 23.8. The Morgan fingerprint density at radius 1 is 0.909 bits per heavy atom. The second-order valence-electron chi connectivity index (χ2n) is 10.5. The number of methoxy groups -OCH3 is 1. The summed E-state index contributed by atoms with van der Waals surface area (Å²) >= 11 is 6.40. The van der Waals surface area contributed by atoms with Crippen molar-refractivity contribution in [3.8, 4) is 28.0 Å². The third-order valence-electron chi connectivity index (χ3n) is 7.76. The highest BCUT2D eigenvalue weighted by Crippen LogP contribution is 2.38. The van der Waals surface area contributed by atoms with E-state index < -0.39 is 17.9 Å². The van der Waals surface area contributed by atoms with E-state index in [2.05, 4.69) is 4.98 Å². The summed E-state index contributed by atoms with van der Waals surface area (Å²) in [4.78, 5) is 41.4. The first-order valence-corrected chi connectivity index (χ1v) is 14.5. The van der Waals surface area contributed by atoms with Crippen molar-refractivity contribution in [2.75, 3.05) is 7.11 Å². The van der Waals surface area contributed by atoms with Crippen LogP contribution in [0.5, 0.6) is 5.75 Å². The van der Waals surface area contributed by atoms with E-state index in [4.69, 9.17) is 21.4 Å². The number of rotatable bonds is 8. The number of nitrogens with zero attached hydrogens (tertiary/aromatic N) is 2. The van der Waals surface area contributed by atoms with Gasteiger partial charge in [0.25, 0.3) is 5.56 Å². The molecule has 6 rings (SSSR count). The summed E-state index contributed by atoms with van der Waals surface area (Å²) in [7, 11) is 1.62. The standard InChI is InChI=1S/C35H28ClN3O5/c1-44-26-14-11-22(12-15-26)21-7-9-23(10-8-21)30-20-29(38-39(30)31(40)17-18-32(41)42)34-33(24-5-3-2-4-6-24)27-19-25(36)13-16-28(27)37-35(34)43/h2-16,19,30H,17-18,20H2,1H3,(H,37,43)(H,41,42). The number of hydrogen-bond acceptors (Lipinski definition) is 5. The lowest BCUT2D eigenvalue weighted by Gasteiger charge is -2.22. The summed E-state index contributed by atoms with van der Waals surface area (Å²) in [5.74, 6) is -0.748. The number of benzene rings is 4. The highest BCUT2D eigenvalue weighted by Gasteiger charge is 2.35. The minimum absolute atomic E-state index is 0.220. The van der Waals surface area contributed by atoms with Crippen LogP contribution < -0.4 is 10.3 Å². The second-order valence-corrected chi connectivity index (χ2v) is 10.9. The molecular weight excluding hydrogens is 578 g/mol. The molecule has 0 bridgehead atoms. The maximum absolute atomic E-state index is 13.7. The fourth-order valence-electron chi connectivity index (χ4n) is 5.61. The summed E-state index contributed by atoms with van der Waals surface area (Å²) < 4.78 is 5.26. The Kier molecular flexibility index (Phi) is 8.00. The Labute approximate surface area is 258 Å². The quantitative estimate of drug-likeness (QED) is 0.196. The van der Waals surface area contributed by atoms with Gasteiger partial charge >= 0.3 is 5.97 Å². The maximum atomic E-state index is 13.7. The number of hydrazone groups is 1. The van der Waals surface area contributed by atoms with E-state index in [9.17, 15) is 19.5 Å². The molecule has 1 aliphatic rings. The SMILES string of the molecule is COc1ccc(-c2ccc(C3CC(c4c(-c5ccccc5)c5cc(Cl)ccc5[nH]c4=O)=NN3C(=O)CCC(=O)O)cc2)cc1. The Hall–Kier alpha value is -5.21. The van der Waals surface area contributed by atoms with Crippen LogP contribution in [-0.4, -0.2) is 39.8 Å². The molecule has 0 spiro atoms. The van der Waals surface area contributed by atoms with Gasteiger partial charge in [0.05, 0.1) is 30.8 Å². The van der Waals surface area contributed by atoms with Crippen LogP contribution in [0.1, 0.15) is 36.4 Å². The second kappa shape index (κ2) is 12.2. The summed E-state index contributed by atoms with van der Waals surface area (Å²) in [6.45, 7) is 0. The van der Waals surface area contributed by atoms with Gasteiger partial charge in [0, 0.05) is 34.3 Å². The van der Waals surface area contributed by atoms with Gasteiger partial charge in [-0.2, -0.15) is 5.10 Å². The smallest absolute Gasteiger partial charge is 0.303 e. The van der Waals surface area contributed by atoms with Crippen molar-refractivity contribution < 1.29 is 19.4 Å². The Bertz CT molecular complexity index is 1950. The van der Waals surface area contributed by atoms with E-state index in [-0.39, 0.29) is 24.8 Å². The number of carboxylic acids is 1. The number of carbonyl (C=O) groups excluding carboxylic acids is 1.